The summed E-state index contributed by atoms with van der Waals surface area (Å²) in [6, 6.07) is 12.2. The lowest BCUT2D eigenvalue weighted by Crippen LogP contribution is -2.12. The van der Waals surface area contributed by atoms with E-state index in [1.54, 1.807) is 6.07 Å². The van der Waals surface area contributed by atoms with Gasteiger partial charge in [-0.15, -0.1) is 0 Å². The fourth-order valence-electron chi connectivity index (χ4n) is 2.52. The summed E-state index contributed by atoms with van der Waals surface area (Å²) >= 11 is 0. The molecule has 1 unspecified atom stereocenters. The molecular formula is C17H16FNO. The Kier molecular flexibility index (Phi) is 3.07. The molecule has 1 atom stereocenters. The third-order valence-corrected chi connectivity index (χ3v) is 3.62. The third-order valence-electron chi connectivity index (χ3n) is 3.62. The summed E-state index contributed by atoms with van der Waals surface area (Å²) < 4.78 is 19.1. The van der Waals surface area contributed by atoms with Gasteiger partial charge >= 0.3 is 0 Å². The van der Waals surface area contributed by atoms with Crippen LogP contribution in [-0.2, 0) is 0 Å². The van der Waals surface area contributed by atoms with Crippen LogP contribution in [0.2, 0.25) is 0 Å². The molecule has 0 bridgehead atoms. The fourth-order valence-corrected chi connectivity index (χ4v) is 2.52. The third kappa shape index (κ3) is 2.10. The highest BCUT2D eigenvalue weighted by molar-refractivity contribution is 5.82. The lowest BCUT2D eigenvalue weighted by molar-refractivity contribution is 0.520. The number of halogens is 1. The van der Waals surface area contributed by atoms with Gasteiger partial charge in [0.1, 0.15) is 17.2 Å². The number of hydrogen-bond acceptors (Lipinski definition) is 2. The van der Waals surface area contributed by atoms with Gasteiger partial charge in [0.25, 0.3) is 0 Å². The molecule has 0 saturated carbocycles. The first-order chi connectivity index (χ1) is 9.56. The fraction of sp³-hybridized carbons (Fsp3) is 0.176. The topological polar surface area (TPSA) is 39.2 Å². The molecule has 0 radical (unpaired) electrons. The van der Waals surface area contributed by atoms with Gasteiger partial charge in [-0.05, 0) is 37.6 Å². The van der Waals surface area contributed by atoms with E-state index in [1.165, 1.54) is 12.1 Å². The molecule has 2 aromatic carbocycles. The number of rotatable bonds is 2. The maximum absolute atomic E-state index is 13.3. The van der Waals surface area contributed by atoms with Crippen molar-refractivity contribution in [2.24, 2.45) is 5.73 Å². The van der Waals surface area contributed by atoms with E-state index in [1.807, 2.05) is 38.1 Å². The maximum Gasteiger partial charge on any atom is 0.134 e. The number of fused-ring (bicyclic) bond motifs is 1. The lowest BCUT2D eigenvalue weighted by Gasteiger charge is -2.11. The molecule has 0 aliphatic heterocycles. The molecule has 2 N–H and O–H groups in total. The van der Waals surface area contributed by atoms with E-state index in [0.29, 0.717) is 11.3 Å². The van der Waals surface area contributed by atoms with E-state index in [-0.39, 0.29) is 11.9 Å². The molecule has 3 rings (SSSR count). The normalized spacial score (nSPS) is 12.8. The summed E-state index contributed by atoms with van der Waals surface area (Å²) in [4.78, 5) is 0. The summed E-state index contributed by atoms with van der Waals surface area (Å²) in [7, 11) is 0. The molecule has 20 heavy (non-hydrogen) atoms. The molecule has 0 fully saturated rings. The Morgan fingerprint density at radius 1 is 1.10 bits per heavy atom. The molecule has 3 heteroatoms. The van der Waals surface area contributed by atoms with Gasteiger partial charge in [-0.3, -0.25) is 0 Å². The van der Waals surface area contributed by atoms with Crippen LogP contribution in [0, 0.1) is 19.7 Å². The van der Waals surface area contributed by atoms with Gasteiger partial charge in [0.05, 0.1) is 6.04 Å². The molecule has 0 aliphatic rings. The molecule has 0 spiro atoms. The predicted molar refractivity (Wildman–Crippen MR) is 78.1 cm³/mol. The summed E-state index contributed by atoms with van der Waals surface area (Å²) in [5, 5.41) is 0.781. The molecule has 1 heterocycles. The molecule has 0 amide bonds. The Labute approximate surface area is 117 Å². The minimum absolute atomic E-state index is 0.267. The van der Waals surface area contributed by atoms with E-state index in [0.717, 1.165) is 22.1 Å². The zero-order valence-corrected chi connectivity index (χ0v) is 11.5. The minimum Gasteiger partial charge on any atom is -0.459 e. The van der Waals surface area contributed by atoms with Gasteiger partial charge in [-0.25, -0.2) is 4.39 Å². The van der Waals surface area contributed by atoms with Crippen molar-refractivity contribution >= 4 is 11.0 Å². The summed E-state index contributed by atoms with van der Waals surface area (Å²) in [5.74, 6) is 0.424. The van der Waals surface area contributed by atoms with Crippen molar-refractivity contribution in [1.29, 1.82) is 0 Å². The summed E-state index contributed by atoms with van der Waals surface area (Å²) in [5.41, 5.74) is 10.0. The van der Waals surface area contributed by atoms with Crippen LogP contribution in [0.25, 0.3) is 11.0 Å². The van der Waals surface area contributed by atoms with Crippen LogP contribution < -0.4 is 5.73 Å². The lowest BCUT2D eigenvalue weighted by atomic mass is 10.00. The highest BCUT2D eigenvalue weighted by Crippen LogP contribution is 2.32. The van der Waals surface area contributed by atoms with Crippen molar-refractivity contribution < 1.29 is 8.81 Å². The first kappa shape index (κ1) is 12.9. The number of hydrogen-bond donors (Lipinski definition) is 1. The van der Waals surface area contributed by atoms with Crippen LogP contribution in [0.5, 0.6) is 0 Å². The molecule has 0 aliphatic carbocycles. The standard InChI is InChI=1S/C17H16FNO/c1-10-4-3-5-12(8-10)16(19)17-11(2)14-9-13(18)6-7-15(14)20-17/h3-9,16H,19H2,1-2H3. The zero-order valence-electron chi connectivity index (χ0n) is 11.5. The second-order valence-corrected chi connectivity index (χ2v) is 5.12. The number of nitrogens with two attached hydrogens (primary N) is 1. The average Bonchev–Trinajstić information content (AvgIpc) is 2.75. The highest BCUT2D eigenvalue weighted by Gasteiger charge is 2.19. The second-order valence-electron chi connectivity index (χ2n) is 5.12. The average molecular weight is 269 g/mol. The van der Waals surface area contributed by atoms with Crippen molar-refractivity contribution in [2.75, 3.05) is 0 Å². The molecule has 1 aromatic heterocycles. The molecule has 0 saturated heterocycles. The van der Waals surface area contributed by atoms with E-state index in [2.05, 4.69) is 0 Å². The first-order valence-electron chi connectivity index (χ1n) is 6.57. The van der Waals surface area contributed by atoms with Gasteiger partial charge in [0.2, 0.25) is 0 Å². The predicted octanol–water partition coefficient (Wildman–Crippen LogP) is 4.24. The van der Waals surface area contributed by atoms with Gasteiger partial charge in [-0.1, -0.05) is 29.8 Å². The van der Waals surface area contributed by atoms with Crippen LogP contribution in [0.1, 0.15) is 28.5 Å². The van der Waals surface area contributed by atoms with Crippen LogP contribution in [0.15, 0.2) is 46.9 Å². The molecule has 102 valence electrons. The van der Waals surface area contributed by atoms with E-state index in [9.17, 15) is 4.39 Å². The Hall–Kier alpha value is -2.13. The SMILES string of the molecule is Cc1cccc(C(N)c2oc3ccc(F)cc3c2C)c1. The maximum atomic E-state index is 13.3. The van der Waals surface area contributed by atoms with Crippen molar-refractivity contribution in [3.05, 3.63) is 70.7 Å². The van der Waals surface area contributed by atoms with Crippen molar-refractivity contribution in [2.45, 2.75) is 19.9 Å². The highest BCUT2D eigenvalue weighted by atomic mass is 19.1. The van der Waals surface area contributed by atoms with Crippen molar-refractivity contribution in [3.63, 3.8) is 0 Å². The van der Waals surface area contributed by atoms with Crippen LogP contribution in [-0.4, -0.2) is 0 Å². The number of benzene rings is 2. The van der Waals surface area contributed by atoms with Gasteiger partial charge in [0.15, 0.2) is 0 Å². The zero-order chi connectivity index (χ0) is 14.3. The van der Waals surface area contributed by atoms with Crippen molar-refractivity contribution in [1.82, 2.24) is 0 Å². The summed E-state index contributed by atoms with van der Waals surface area (Å²) in [6.45, 7) is 3.94. The quantitative estimate of drug-likeness (QED) is 0.756. The summed E-state index contributed by atoms with van der Waals surface area (Å²) in [6.07, 6.45) is 0. The molecular weight excluding hydrogens is 253 g/mol. The number of aryl methyl sites for hydroxylation is 2. The van der Waals surface area contributed by atoms with E-state index in [4.69, 9.17) is 10.2 Å². The Balaban J connectivity index is 2.12. The Bertz CT molecular complexity index is 776. The monoisotopic (exact) mass is 269 g/mol. The van der Waals surface area contributed by atoms with Crippen LogP contribution in [0.4, 0.5) is 4.39 Å². The van der Waals surface area contributed by atoms with Gasteiger partial charge in [-0.2, -0.15) is 0 Å². The van der Waals surface area contributed by atoms with E-state index < -0.39 is 0 Å². The van der Waals surface area contributed by atoms with E-state index >= 15 is 0 Å². The van der Waals surface area contributed by atoms with Crippen LogP contribution >= 0.6 is 0 Å². The molecule has 3 aromatic rings. The van der Waals surface area contributed by atoms with Crippen LogP contribution in [0.3, 0.4) is 0 Å². The largest absolute Gasteiger partial charge is 0.459 e. The Morgan fingerprint density at radius 3 is 2.65 bits per heavy atom. The van der Waals surface area contributed by atoms with Gasteiger partial charge in [0, 0.05) is 10.9 Å². The molecule has 2 nitrogen and oxygen atoms in total. The number of furan rings is 1. The van der Waals surface area contributed by atoms with Crippen molar-refractivity contribution in [3.8, 4) is 0 Å². The minimum atomic E-state index is -0.342. The van der Waals surface area contributed by atoms with Gasteiger partial charge < -0.3 is 10.2 Å². The Morgan fingerprint density at radius 2 is 1.90 bits per heavy atom. The smallest absolute Gasteiger partial charge is 0.134 e. The first-order valence-corrected chi connectivity index (χ1v) is 6.57. The second kappa shape index (κ2) is 4.76.